The Bertz CT molecular complexity index is 387. The normalized spacial score (nSPS) is 29.2. The van der Waals surface area contributed by atoms with E-state index in [0.29, 0.717) is 18.6 Å². The summed E-state index contributed by atoms with van der Waals surface area (Å²) in [5, 5.41) is 9.44. The smallest absolute Gasteiger partial charge is 0.127 e. The molecule has 17 heavy (non-hydrogen) atoms. The summed E-state index contributed by atoms with van der Waals surface area (Å²) in [5.74, 6) is -0.534. The van der Waals surface area contributed by atoms with Crippen LogP contribution in [0.1, 0.15) is 25.3 Å². The summed E-state index contributed by atoms with van der Waals surface area (Å²) < 4.78 is 24.4. The Morgan fingerprint density at radius 2 is 2.24 bits per heavy atom. The van der Waals surface area contributed by atoms with E-state index in [1.807, 2.05) is 6.92 Å². The van der Waals surface area contributed by atoms with Crippen molar-refractivity contribution in [2.75, 3.05) is 13.7 Å². The standard InChI is InChI=1S/C13H17FO3/c1-13(8-12(16-2)3-4-17-13)9-5-10(14)7-11(15)6-9/h5-7,12,15H,3-4,8H2,1-2H3. The quantitative estimate of drug-likeness (QED) is 0.863. The number of rotatable bonds is 2. The second kappa shape index (κ2) is 4.63. The van der Waals surface area contributed by atoms with E-state index in [2.05, 4.69) is 0 Å². The molecule has 0 aromatic heterocycles. The molecule has 2 unspecified atom stereocenters. The van der Waals surface area contributed by atoms with Crippen molar-refractivity contribution < 1.29 is 19.0 Å². The van der Waals surface area contributed by atoms with Gasteiger partial charge in [0.2, 0.25) is 0 Å². The first-order chi connectivity index (χ1) is 8.03. The maximum absolute atomic E-state index is 13.3. The molecule has 0 radical (unpaired) electrons. The number of methoxy groups -OCH3 is 1. The molecule has 1 aromatic rings. The molecule has 1 N–H and O–H groups in total. The second-order valence-electron chi connectivity index (χ2n) is 4.63. The molecule has 1 saturated heterocycles. The highest BCUT2D eigenvalue weighted by Crippen LogP contribution is 2.37. The van der Waals surface area contributed by atoms with Gasteiger partial charge in [0.1, 0.15) is 11.6 Å². The molecule has 0 amide bonds. The van der Waals surface area contributed by atoms with Crippen molar-refractivity contribution in [1.82, 2.24) is 0 Å². The number of phenols is 1. The van der Waals surface area contributed by atoms with Gasteiger partial charge in [-0.25, -0.2) is 4.39 Å². The van der Waals surface area contributed by atoms with Crippen LogP contribution in [0.2, 0.25) is 0 Å². The molecule has 2 rings (SSSR count). The molecule has 2 atom stereocenters. The first-order valence-electron chi connectivity index (χ1n) is 5.70. The summed E-state index contributed by atoms with van der Waals surface area (Å²) in [6.07, 6.45) is 1.61. The minimum atomic E-state index is -0.599. The van der Waals surface area contributed by atoms with E-state index < -0.39 is 11.4 Å². The molecule has 0 saturated carbocycles. The van der Waals surface area contributed by atoms with Crippen LogP contribution < -0.4 is 0 Å². The Labute approximate surface area is 100 Å². The predicted octanol–water partition coefficient (Wildman–Crippen LogP) is 2.57. The topological polar surface area (TPSA) is 38.7 Å². The lowest BCUT2D eigenvalue weighted by Gasteiger charge is -2.38. The summed E-state index contributed by atoms with van der Waals surface area (Å²) in [6, 6.07) is 4.03. The first-order valence-corrected chi connectivity index (χ1v) is 5.70. The van der Waals surface area contributed by atoms with Gasteiger partial charge < -0.3 is 14.6 Å². The van der Waals surface area contributed by atoms with E-state index in [0.717, 1.165) is 12.5 Å². The molecule has 1 aliphatic rings. The Kier molecular flexibility index (Phi) is 3.35. The molecular formula is C13H17FO3. The number of hydrogen-bond acceptors (Lipinski definition) is 3. The Hall–Kier alpha value is -1.13. The maximum atomic E-state index is 13.3. The van der Waals surface area contributed by atoms with Gasteiger partial charge in [0.05, 0.1) is 18.3 Å². The number of halogens is 1. The first kappa shape index (κ1) is 12.3. The fourth-order valence-corrected chi connectivity index (χ4v) is 2.29. The number of hydrogen-bond donors (Lipinski definition) is 1. The van der Waals surface area contributed by atoms with Crippen LogP contribution >= 0.6 is 0 Å². The average molecular weight is 240 g/mol. The summed E-state index contributed by atoms with van der Waals surface area (Å²) in [4.78, 5) is 0. The van der Waals surface area contributed by atoms with Crippen LogP contribution in [0.3, 0.4) is 0 Å². The van der Waals surface area contributed by atoms with Gasteiger partial charge in [-0.1, -0.05) is 0 Å². The van der Waals surface area contributed by atoms with Gasteiger partial charge >= 0.3 is 0 Å². The van der Waals surface area contributed by atoms with Gasteiger partial charge in [-0.15, -0.1) is 0 Å². The maximum Gasteiger partial charge on any atom is 0.127 e. The third-order valence-electron chi connectivity index (χ3n) is 3.30. The Morgan fingerprint density at radius 1 is 1.47 bits per heavy atom. The van der Waals surface area contributed by atoms with E-state index in [-0.39, 0.29) is 11.9 Å². The van der Waals surface area contributed by atoms with Crippen molar-refractivity contribution in [2.24, 2.45) is 0 Å². The van der Waals surface area contributed by atoms with Gasteiger partial charge in [-0.2, -0.15) is 0 Å². The lowest BCUT2D eigenvalue weighted by Crippen LogP contribution is -2.37. The van der Waals surface area contributed by atoms with Gasteiger partial charge in [0.25, 0.3) is 0 Å². The van der Waals surface area contributed by atoms with Crippen molar-refractivity contribution >= 4 is 0 Å². The minimum Gasteiger partial charge on any atom is -0.508 e. The monoisotopic (exact) mass is 240 g/mol. The van der Waals surface area contributed by atoms with E-state index in [4.69, 9.17) is 9.47 Å². The average Bonchev–Trinajstić information content (AvgIpc) is 2.28. The minimum absolute atomic E-state index is 0.0793. The summed E-state index contributed by atoms with van der Waals surface area (Å²) in [6.45, 7) is 2.47. The van der Waals surface area contributed by atoms with Crippen molar-refractivity contribution in [1.29, 1.82) is 0 Å². The molecule has 94 valence electrons. The number of aromatic hydroxyl groups is 1. The van der Waals surface area contributed by atoms with Crippen LogP contribution in [-0.2, 0) is 15.1 Å². The molecule has 1 aliphatic heterocycles. The molecule has 0 aliphatic carbocycles. The fraction of sp³-hybridized carbons (Fsp3) is 0.538. The summed E-state index contributed by atoms with van der Waals surface area (Å²) >= 11 is 0. The zero-order chi connectivity index (χ0) is 12.5. The number of benzene rings is 1. The highest BCUT2D eigenvalue weighted by Gasteiger charge is 2.35. The van der Waals surface area contributed by atoms with Crippen LogP contribution in [0.15, 0.2) is 18.2 Å². The number of ether oxygens (including phenoxy) is 2. The largest absolute Gasteiger partial charge is 0.508 e. The molecule has 1 aromatic carbocycles. The lowest BCUT2D eigenvalue weighted by atomic mass is 9.86. The molecule has 1 fully saturated rings. The van der Waals surface area contributed by atoms with Crippen LogP contribution in [0, 0.1) is 5.82 Å². The molecule has 0 bridgehead atoms. The molecule has 0 spiro atoms. The highest BCUT2D eigenvalue weighted by atomic mass is 19.1. The molecular weight excluding hydrogens is 223 g/mol. The summed E-state index contributed by atoms with van der Waals surface area (Å²) in [5.41, 5.74) is 0.0511. The SMILES string of the molecule is COC1CCOC(C)(c2cc(O)cc(F)c2)C1. The second-order valence-corrected chi connectivity index (χ2v) is 4.63. The Morgan fingerprint density at radius 3 is 2.88 bits per heavy atom. The van der Waals surface area contributed by atoms with Crippen LogP contribution in [0.25, 0.3) is 0 Å². The number of phenolic OH excluding ortho intramolecular Hbond substituents is 1. The third-order valence-corrected chi connectivity index (χ3v) is 3.30. The fourth-order valence-electron chi connectivity index (χ4n) is 2.29. The third kappa shape index (κ3) is 2.58. The predicted molar refractivity (Wildman–Crippen MR) is 61.4 cm³/mol. The molecule has 1 heterocycles. The Balaban J connectivity index is 2.30. The van der Waals surface area contributed by atoms with Crippen molar-refractivity contribution in [3.8, 4) is 5.75 Å². The van der Waals surface area contributed by atoms with E-state index in [1.54, 1.807) is 13.2 Å². The van der Waals surface area contributed by atoms with Crippen molar-refractivity contribution in [2.45, 2.75) is 31.5 Å². The molecule has 3 nitrogen and oxygen atoms in total. The van der Waals surface area contributed by atoms with Gasteiger partial charge in [-0.3, -0.25) is 0 Å². The van der Waals surface area contributed by atoms with E-state index in [9.17, 15) is 9.50 Å². The molecule has 4 heteroatoms. The lowest BCUT2D eigenvalue weighted by molar-refractivity contribution is -0.121. The van der Waals surface area contributed by atoms with Gasteiger partial charge in [0.15, 0.2) is 0 Å². The van der Waals surface area contributed by atoms with Crippen molar-refractivity contribution in [3.63, 3.8) is 0 Å². The highest BCUT2D eigenvalue weighted by molar-refractivity contribution is 5.32. The zero-order valence-corrected chi connectivity index (χ0v) is 10.1. The summed E-state index contributed by atoms with van der Waals surface area (Å²) in [7, 11) is 1.67. The zero-order valence-electron chi connectivity index (χ0n) is 10.1. The van der Waals surface area contributed by atoms with Crippen molar-refractivity contribution in [3.05, 3.63) is 29.6 Å². The van der Waals surface area contributed by atoms with Crippen LogP contribution in [-0.4, -0.2) is 24.9 Å². The van der Waals surface area contributed by atoms with Gasteiger partial charge in [-0.05, 0) is 31.0 Å². The van der Waals surface area contributed by atoms with Crippen LogP contribution in [0.5, 0.6) is 5.75 Å². The van der Waals surface area contributed by atoms with Crippen LogP contribution in [0.4, 0.5) is 4.39 Å². The van der Waals surface area contributed by atoms with Gasteiger partial charge in [0, 0.05) is 19.6 Å². The van der Waals surface area contributed by atoms with E-state index in [1.165, 1.54) is 6.07 Å². The van der Waals surface area contributed by atoms with E-state index >= 15 is 0 Å².